The van der Waals surface area contributed by atoms with E-state index in [1.165, 1.54) is 17.8 Å². The van der Waals surface area contributed by atoms with Gasteiger partial charge in [0.25, 0.3) is 0 Å². The van der Waals surface area contributed by atoms with Crippen molar-refractivity contribution in [3.63, 3.8) is 0 Å². The number of nitrogens with one attached hydrogen (secondary N) is 1. The maximum absolute atomic E-state index is 14.6. The van der Waals surface area contributed by atoms with Crippen LogP contribution in [0.25, 0.3) is 5.52 Å². The third-order valence-corrected chi connectivity index (χ3v) is 11.0. The van der Waals surface area contributed by atoms with E-state index in [1.54, 1.807) is 77.1 Å². The SMILES string of the molecule is CC(C)C(=O)O[C@H]1[C@H](c2ccc3c(N)ncnn23)O[C@](C)(CO[P@](=O)(N[C@@H](C)C(=O)OC[C@H]2CC[C@H](N)CC2)Oc2ccccc2)[C@H]1OC(=O)C(C)C. The highest BCUT2D eigenvalue weighted by Gasteiger charge is 2.59. The monoisotopic (exact) mass is 758 g/mol. The molecule has 1 aliphatic heterocycles. The predicted octanol–water partition coefficient (Wildman–Crippen LogP) is 4.52. The molecule has 53 heavy (non-hydrogen) atoms. The van der Waals surface area contributed by atoms with E-state index in [0.29, 0.717) is 11.2 Å². The first-order valence-electron chi connectivity index (χ1n) is 17.9. The summed E-state index contributed by atoms with van der Waals surface area (Å²) in [7, 11) is -4.42. The minimum Gasteiger partial charge on any atom is -0.464 e. The molecule has 1 saturated heterocycles. The number of esters is 3. The number of rotatable bonds is 15. The Morgan fingerprint density at radius 2 is 1.64 bits per heavy atom. The van der Waals surface area contributed by atoms with Crippen molar-refractivity contribution in [3.8, 4) is 5.75 Å². The van der Waals surface area contributed by atoms with Gasteiger partial charge in [0.15, 0.2) is 18.0 Å². The Labute approximate surface area is 309 Å². The molecule has 0 amide bonds. The molecule has 290 valence electrons. The van der Waals surface area contributed by atoms with Gasteiger partial charge in [-0.05, 0) is 69.7 Å². The van der Waals surface area contributed by atoms with E-state index in [0.717, 1.165) is 25.7 Å². The number of hydrogen-bond donors (Lipinski definition) is 3. The topological polar surface area (TPSA) is 218 Å². The third kappa shape index (κ3) is 9.73. The van der Waals surface area contributed by atoms with Crippen LogP contribution in [0.2, 0.25) is 0 Å². The summed E-state index contributed by atoms with van der Waals surface area (Å²) in [5, 5.41) is 7.04. The molecule has 2 aliphatic rings. The fourth-order valence-electron chi connectivity index (χ4n) is 6.20. The van der Waals surface area contributed by atoms with Crippen molar-refractivity contribution in [2.45, 2.75) is 103 Å². The van der Waals surface area contributed by atoms with Gasteiger partial charge in [-0.15, -0.1) is 0 Å². The zero-order valence-electron chi connectivity index (χ0n) is 31.0. The van der Waals surface area contributed by atoms with Crippen LogP contribution in [0.3, 0.4) is 0 Å². The summed E-state index contributed by atoms with van der Waals surface area (Å²) < 4.78 is 52.3. The average molecular weight is 759 g/mol. The first kappa shape index (κ1) is 40.1. The lowest BCUT2D eigenvalue weighted by molar-refractivity contribution is -0.175. The highest BCUT2D eigenvalue weighted by molar-refractivity contribution is 7.52. The van der Waals surface area contributed by atoms with Gasteiger partial charge in [-0.2, -0.15) is 10.2 Å². The summed E-state index contributed by atoms with van der Waals surface area (Å²) in [6.07, 6.45) is 1.14. The fourth-order valence-corrected chi connectivity index (χ4v) is 7.79. The second kappa shape index (κ2) is 16.9. The van der Waals surface area contributed by atoms with Crippen LogP contribution < -0.4 is 21.1 Å². The number of hydrogen-bond acceptors (Lipinski definition) is 14. The molecule has 17 heteroatoms. The molecule has 0 spiro atoms. The molecule has 5 rings (SSSR count). The van der Waals surface area contributed by atoms with Crippen molar-refractivity contribution in [2.24, 2.45) is 23.5 Å². The third-order valence-electron chi connectivity index (χ3n) is 9.38. The Bertz CT molecular complexity index is 1780. The van der Waals surface area contributed by atoms with Gasteiger partial charge >= 0.3 is 25.7 Å². The molecule has 6 atom stereocenters. The molecule has 1 aromatic carbocycles. The molecule has 0 bridgehead atoms. The Balaban J connectivity index is 1.45. The summed E-state index contributed by atoms with van der Waals surface area (Å²) in [5.74, 6) is -2.33. The average Bonchev–Trinajstić information content (AvgIpc) is 3.67. The van der Waals surface area contributed by atoms with E-state index < -0.39 is 74.1 Å². The minimum absolute atomic E-state index is 0.156. The predicted molar refractivity (Wildman–Crippen MR) is 193 cm³/mol. The van der Waals surface area contributed by atoms with Crippen LogP contribution in [0.1, 0.15) is 79.0 Å². The quantitative estimate of drug-likeness (QED) is 0.110. The number of carbonyl (C=O) groups excluding carboxylic acids is 3. The molecule has 1 saturated carbocycles. The lowest BCUT2D eigenvalue weighted by Crippen LogP contribution is -2.49. The number of carbonyl (C=O) groups is 3. The van der Waals surface area contributed by atoms with E-state index in [-0.39, 0.29) is 30.1 Å². The van der Waals surface area contributed by atoms with Crippen LogP contribution in [-0.2, 0) is 42.4 Å². The fraction of sp³-hybridized carbons (Fsp3) is 0.583. The number of nitrogens with two attached hydrogens (primary N) is 2. The van der Waals surface area contributed by atoms with Crippen LogP contribution in [0.4, 0.5) is 5.82 Å². The smallest absolute Gasteiger partial charge is 0.459 e. The molecule has 0 unspecified atom stereocenters. The van der Waals surface area contributed by atoms with Gasteiger partial charge < -0.3 is 34.9 Å². The highest BCUT2D eigenvalue weighted by atomic mass is 31.2. The summed E-state index contributed by atoms with van der Waals surface area (Å²) >= 11 is 0. The number of nitrogen functional groups attached to an aromatic ring is 1. The number of anilines is 1. The summed E-state index contributed by atoms with van der Waals surface area (Å²) in [5.41, 5.74) is 11.4. The Hall–Kier alpha value is -4.08. The molecule has 5 N–H and O–H groups in total. The van der Waals surface area contributed by atoms with E-state index in [4.69, 9.17) is 39.5 Å². The number of aromatic nitrogens is 3. The van der Waals surface area contributed by atoms with Gasteiger partial charge in [-0.1, -0.05) is 45.9 Å². The van der Waals surface area contributed by atoms with Crippen molar-refractivity contribution in [1.82, 2.24) is 19.7 Å². The number of ether oxygens (including phenoxy) is 4. The standard InChI is InChI=1S/C36H51N6O10P/c1-21(2)33(43)49-30-29(27-16-17-28-32(38)39-20-40-42(27)28)51-36(6,31(30)50-34(44)22(3)4)19-48-53(46,52-26-10-8-7-9-11-26)41-23(5)35(45)47-18-24-12-14-25(37)15-13-24/h7-11,16-17,20-25,29-31H,12-15,18-19,37H2,1-6H3,(H,41,46)(H2,38,39,40)/t23-,24-,25-,29-,30-,31-,36+,53+/m0/s1. The van der Waals surface area contributed by atoms with E-state index in [9.17, 15) is 18.9 Å². The highest BCUT2D eigenvalue weighted by Crippen LogP contribution is 2.50. The molecule has 3 heterocycles. The number of benzene rings is 1. The Morgan fingerprint density at radius 1 is 0.981 bits per heavy atom. The summed E-state index contributed by atoms with van der Waals surface area (Å²) in [6.45, 7) is 9.43. The van der Waals surface area contributed by atoms with Crippen molar-refractivity contribution in [2.75, 3.05) is 18.9 Å². The summed E-state index contributed by atoms with van der Waals surface area (Å²) in [6, 6.07) is 10.7. The molecule has 16 nitrogen and oxygen atoms in total. The molecule has 1 aliphatic carbocycles. The van der Waals surface area contributed by atoms with E-state index >= 15 is 0 Å². The van der Waals surface area contributed by atoms with Gasteiger partial charge in [0.1, 0.15) is 35.3 Å². The normalized spacial score (nSPS) is 26.2. The zero-order valence-corrected chi connectivity index (χ0v) is 31.9. The van der Waals surface area contributed by atoms with Crippen molar-refractivity contribution in [3.05, 3.63) is 54.5 Å². The molecule has 0 radical (unpaired) electrons. The van der Waals surface area contributed by atoms with Crippen molar-refractivity contribution >= 4 is 37.0 Å². The second-order valence-electron chi connectivity index (χ2n) is 14.6. The van der Waals surface area contributed by atoms with Gasteiger partial charge in [-0.3, -0.25) is 18.9 Å². The maximum atomic E-state index is 14.6. The van der Waals surface area contributed by atoms with Crippen LogP contribution in [-0.4, -0.2) is 75.6 Å². The molecule has 2 fully saturated rings. The number of nitrogens with zero attached hydrogens (tertiary/aromatic N) is 3. The largest absolute Gasteiger partial charge is 0.464 e. The molecular weight excluding hydrogens is 707 g/mol. The maximum Gasteiger partial charge on any atom is 0.459 e. The van der Waals surface area contributed by atoms with Crippen LogP contribution >= 0.6 is 7.75 Å². The van der Waals surface area contributed by atoms with Gasteiger partial charge in [-0.25, -0.2) is 14.1 Å². The molecule has 3 aromatic rings. The first-order valence-corrected chi connectivity index (χ1v) is 19.5. The first-order chi connectivity index (χ1) is 25.1. The number of para-hydroxylation sites is 1. The van der Waals surface area contributed by atoms with Crippen LogP contribution in [0.15, 0.2) is 48.8 Å². The number of fused-ring (bicyclic) bond motifs is 1. The van der Waals surface area contributed by atoms with E-state index in [1.807, 2.05) is 0 Å². The molecule has 2 aromatic heterocycles. The lowest BCUT2D eigenvalue weighted by Gasteiger charge is -2.33. The van der Waals surface area contributed by atoms with Crippen molar-refractivity contribution < 1.29 is 46.9 Å². The van der Waals surface area contributed by atoms with Crippen LogP contribution in [0.5, 0.6) is 5.75 Å². The summed E-state index contributed by atoms with van der Waals surface area (Å²) in [4.78, 5) is 43.6. The van der Waals surface area contributed by atoms with Crippen molar-refractivity contribution in [1.29, 1.82) is 0 Å². The van der Waals surface area contributed by atoms with E-state index in [2.05, 4.69) is 15.2 Å². The zero-order chi connectivity index (χ0) is 38.5. The van der Waals surface area contributed by atoms with Gasteiger partial charge in [0.05, 0.1) is 30.7 Å². The Kier molecular flexibility index (Phi) is 12.8. The minimum atomic E-state index is -4.42. The lowest BCUT2D eigenvalue weighted by atomic mass is 9.87. The van der Waals surface area contributed by atoms with Crippen LogP contribution in [0, 0.1) is 17.8 Å². The second-order valence-corrected chi connectivity index (χ2v) is 16.3. The molecular formula is C36H51N6O10P. The Morgan fingerprint density at radius 3 is 2.30 bits per heavy atom. The van der Waals surface area contributed by atoms with Gasteiger partial charge in [0.2, 0.25) is 0 Å². The van der Waals surface area contributed by atoms with Gasteiger partial charge in [0, 0.05) is 6.04 Å².